The number of thiocarbonyl (C=S) groups is 1. The number of methoxy groups -OCH3 is 1. The van der Waals surface area contributed by atoms with Gasteiger partial charge in [0.05, 0.1) is 22.2 Å². The number of pyridine rings is 1. The van der Waals surface area contributed by atoms with Crippen LogP contribution >= 0.6 is 12.2 Å². The first-order valence-electron chi connectivity index (χ1n) is 9.90. The smallest absolute Gasteiger partial charge is 0.280 e. The summed E-state index contributed by atoms with van der Waals surface area (Å²) in [5.41, 5.74) is 1.28. The second-order valence-corrected chi connectivity index (χ2v) is 7.53. The highest BCUT2D eigenvalue weighted by Crippen LogP contribution is 2.41. The number of furan rings is 1. The Hall–Kier alpha value is -3.30. The standard InChI is InChI=1S/C22H22N4O4S/c1-29-14-6-13-25-21(20(24-22(25)31)16-8-4-5-12-23-16)19-11-10-18(30-19)15-7-2-3-9-17(15)26(27)28/h2-5,7-12,20-21H,6,13-14H2,1H3,(H,24,31)/t20-,21+/m0/s1. The van der Waals surface area contributed by atoms with Crippen molar-refractivity contribution in [2.24, 2.45) is 0 Å². The lowest BCUT2D eigenvalue weighted by Crippen LogP contribution is -2.31. The molecule has 0 spiro atoms. The van der Waals surface area contributed by atoms with Gasteiger partial charge in [0.15, 0.2) is 5.11 Å². The maximum atomic E-state index is 11.4. The zero-order valence-corrected chi connectivity index (χ0v) is 17.7. The van der Waals surface area contributed by atoms with E-state index in [2.05, 4.69) is 15.2 Å². The van der Waals surface area contributed by atoms with Crippen LogP contribution in [0, 0.1) is 10.1 Å². The maximum absolute atomic E-state index is 11.4. The molecule has 1 saturated heterocycles. The molecule has 8 nitrogen and oxygen atoms in total. The number of nitrogens with one attached hydrogen (secondary N) is 1. The van der Waals surface area contributed by atoms with Crippen molar-refractivity contribution in [2.75, 3.05) is 20.3 Å². The molecular weight excluding hydrogens is 416 g/mol. The van der Waals surface area contributed by atoms with Crippen LogP contribution in [0.5, 0.6) is 0 Å². The van der Waals surface area contributed by atoms with E-state index >= 15 is 0 Å². The zero-order valence-electron chi connectivity index (χ0n) is 16.9. The number of hydrogen-bond donors (Lipinski definition) is 1. The second kappa shape index (κ2) is 9.23. The number of para-hydroxylation sites is 1. The van der Waals surface area contributed by atoms with Gasteiger partial charge in [-0.2, -0.15) is 0 Å². The van der Waals surface area contributed by atoms with E-state index in [-0.39, 0.29) is 17.8 Å². The molecule has 1 aliphatic heterocycles. The molecule has 0 saturated carbocycles. The third-order valence-electron chi connectivity index (χ3n) is 5.23. The second-order valence-electron chi connectivity index (χ2n) is 7.14. The first kappa shape index (κ1) is 21.0. The Labute approximate surface area is 185 Å². The van der Waals surface area contributed by atoms with Gasteiger partial charge in [-0.25, -0.2) is 0 Å². The van der Waals surface area contributed by atoms with E-state index in [1.54, 1.807) is 37.6 Å². The number of aromatic nitrogens is 1. The molecule has 2 atom stereocenters. The van der Waals surface area contributed by atoms with Gasteiger partial charge in [-0.3, -0.25) is 15.1 Å². The normalized spacial score (nSPS) is 18.2. The Morgan fingerprint density at radius 1 is 1.23 bits per heavy atom. The Bertz CT molecular complexity index is 1070. The minimum absolute atomic E-state index is 0.00157. The summed E-state index contributed by atoms with van der Waals surface area (Å²) in [4.78, 5) is 17.6. The SMILES string of the molecule is COCCCN1C(=S)N[C@@H](c2ccccn2)[C@H]1c1ccc(-c2ccccc2[N+](=O)[O-])o1. The fourth-order valence-corrected chi connectivity index (χ4v) is 4.16. The largest absolute Gasteiger partial charge is 0.459 e. The van der Waals surface area contributed by atoms with E-state index in [1.165, 1.54) is 6.07 Å². The van der Waals surface area contributed by atoms with Crippen molar-refractivity contribution in [2.45, 2.75) is 18.5 Å². The number of hydrogen-bond acceptors (Lipinski definition) is 6. The lowest BCUT2D eigenvalue weighted by molar-refractivity contribution is -0.384. The van der Waals surface area contributed by atoms with Gasteiger partial charge in [-0.15, -0.1) is 0 Å². The van der Waals surface area contributed by atoms with E-state index in [1.807, 2.05) is 24.3 Å². The van der Waals surface area contributed by atoms with Gasteiger partial charge in [0.25, 0.3) is 5.69 Å². The average Bonchev–Trinajstić information content (AvgIpc) is 3.39. The summed E-state index contributed by atoms with van der Waals surface area (Å²) in [6.07, 6.45) is 2.53. The van der Waals surface area contributed by atoms with Crippen molar-refractivity contribution in [1.29, 1.82) is 0 Å². The number of nitro benzene ring substituents is 1. The van der Waals surface area contributed by atoms with E-state index in [9.17, 15) is 10.1 Å². The third-order valence-corrected chi connectivity index (χ3v) is 5.58. The van der Waals surface area contributed by atoms with Crippen molar-refractivity contribution in [3.63, 3.8) is 0 Å². The zero-order chi connectivity index (χ0) is 21.8. The van der Waals surface area contributed by atoms with Gasteiger partial charge < -0.3 is 19.4 Å². The number of nitrogens with zero attached hydrogens (tertiary/aromatic N) is 3. The molecular formula is C22H22N4O4S. The Balaban J connectivity index is 1.72. The molecule has 0 bridgehead atoms. The summed E-state index contributed by atoms with van der Waals surface area (Å²) in [6.45, 7) is 1.29. The number of rotatable bonds is 8. The maximum Gasteiger partial charge on any atom is 0.280 e. The van der Waals surface area contributed by atoms with Gasteiger partial charge in [0.1, 0.15) is 17.6 Å². The predicted octanol–water partition coefficient (Wildman–Crippen LogP) is 4.26. The summed E-state index contributed by atoms with van der Waals surface area (Å²) in [7, 11) is 1.67. The van der Waals surface area contributed by atoms with Gasteiger partial charge in [0, 0.05) is 32.5 Å². The highest BCUT2D eigenvalue weighted by molar-refractivity contribution is 7.80. The molecule has 31 heavy (non-hydrogen) atoms. The predicted molar refractivity (Wildman–Crippen MR) is 119 cm³/mol. The Morgan fingerprint density at radius 2 is 2.03 bits per heavy atom. The van der Waals surface area contributed by atoms with E-state index in [4.69, 9.17) is 21.4 Å². The molecule has 4 rings (SSSR count). The highest BCUT2D eigenvalue weighted by Gasteiger charge is 2.41. The average molecular weight is 439 g/mol. The van der Waals surface area contributed by atoms with Crippen LogP contribution in [0.25, 0.3) is 11.3 Å². The van der Waals surface area contributed by atoms with Crippen molar-refractivity contribution >= 4 is 23.0 Å². The Morgan fingerprint density at radius 3 is 2.77 bits per heavy atom. The van der Waals surface area contributed by atoms with Crippen molar-refractivity contribution in [3.05, 3.63) is 82.4 Å². The fraction of sp³-hybridized carbons (Fsp3) is 0.273. The lowest BCUT2D eigenvalue weighted by atomic mass is 10.0. The van der Waals surface area contributed by atoms with Crippen LogP contribution in [0.15, 0.2) is 65.2 Å². The van der Waals surface area contributed by atoms with Gasteiger partial charge in [-0.05, 0) is 49.0 Å². The van der Waals surface area contributed by atoms with E-state index < -0.39 is 4.92 Å². The van der Waals surface area contributed by atoms with Gasteiger partial charge in [-0.1, -0.05) is 18.2 Å². The Kier molecular flexibility index (Phi) is 6.24. The minimum atomic E-state index is -0.405. The van der Waals surface area contributed by atoms with E-state index in [0.717, 1.165) is 12.1 Å². The van der Waals surface area contributed by atoms with Crippen LogP contribution in [-0.2, 0) is 4.74 Å². The summed E-state index contributed by atoms with van der Waals surface area (Å²) in [6, 6.07) is 15.5. The molecule has 0 amide bonds. The summed E-state index contributed by atoms with van der Waals surface area (Å²) < 4.78 is 11.4. The molecule has 0 aliphatic carbocycles. The highest BCUT2D eigenvalue weighted by atomic mass is 32.1. The van der Waals surface area contributed by atoms with Crippen molar-refractivity contribution in [1.82, 2.24) is 15.2 Å². The van der Waals surface area contributed by atoms with Gasteiger partial charge >= 0.3 is 0 Å². The molecule has 1 aromatic carbocycles. The van der Waals surface area contributed by atoms with Crippen LogP contribution in [0.3, 0.4) is 0 Å². The monoisotopic (exact) mass is 438 g/mol. The quantitative estimate of drug-likeness (QED) is 0.241. The fourth-order valence-electron chi connectivity index (χ4n) is 3.83. The molecule has 0 unspecified atom stereocenters. The third kappa shape index (κ3) is 4.28. The molecule has 0 radical (unpaired) electrons. The van der Waals surface area contributed by atoms with Crippen molar-refractivity contribution < 1.29 is 14.1 Å². The summed E-state index contributed by atoms with van der Waals surface area (Å²) in [5.74, 6) is 1.10. The van der Waals surface area contributed by atoms with Crippen LogP contribution in [-0.4, -0.2) is 40.2 Å². The number of benzene rings is 1. The van der Waals surface area contributed by atoms with Crippen LogP contribution < -0.4 is 5.32 Å². The topological polar surface area (TPSA) is 93.7 Å². The molecule has 1 fully saturated rings. The number of ether oxygens (including phenoxy) is 1. The van der Waals surface area contributed by atoms with Crippen LogP contribution in [0.4, 0.5) is 5.69 Å². The molecule has 1 N–H and O–H groups in total. The number of nitro groups is 1. The van der Waals surface area contributed by atoms with Crippen molar-refractivity contribution in [3.8, 4) is 11.3 Å². The molecule has 1 aliphatic rings. The van der Waals surface area contributed by atoms with E-state index in [0.29, 0.717) is 35.3 Å². The van der Waals surface area contributed by atoms with Crippen LogP contribution in [0.1, 0.15) is 30.0 Å². The first-order valence-corrected chi connectivity index (χ1v) is 10.3. The minimum Gasteiger partial charge on any atom is -0.459 e. The first-order chi connectivity index (χ1) is 15.1. The van der Waals surface area contributed by atoms with Gasteiger partial charge in [0.2, 0.25) is 0 Å². The molecule has 2 aromatic heterocycles. The lowest BCUT2D eigenvalue weighted by Gasteiger charge is -2.25. The molecule has 3 aromatic rings. The van der Waals surface area contributed by atoms with Crippen LogP contribution in [0.2, 0.25) is 0 Å². The molecule has 9 heteroatoms. The summed E-state index contributed by atoms with van der Waals surface area (Å²) in [5, 5.41) is 15.4. The molecule has 3 heterocycles. The summed E-state index contributed by atoms with van der Waals surface area (Å²) >= 11 is 5.61. The molecule has 160 valence electrons.